The standard InChI is InChI=1S/C9H11N7O4S/c1-2-14-3-5(16(19)20)7(17)15(9(14)18)4-6-12-13-8(11-10)21-6/h3H,2,4,10H2,1H3,(H,11,13). The molecule has 0 saturated carbocycles. The van der Waals surface area contributed by atoms with E-state index in [0.717, 1.165) is 26.7 Å². The molecular weight excluding hydrogens is 302 g/mol. The molecule has 0 radical (unpaired) electrons. The van der Waals surface area contributed by atoms with Crippen molar-refractivity contribution in [2.45, 2.75) is 20.0 Å². The van der Waals surface area contributed by atoms with E-state index in [2.05, 4.69) is 15.6 Å². The summed E-state index contributed by atoms with van der Waals surface area (Å²) in [4.78, 5) is 34.2. The molecule has 2 heterocycles. The molecule has 0 aromatic carbocycles. The first kappa shape index (κ1) is 14.8. The highest BCUT2D eigenvalue weighted by Gasteiger charge is 2.20. The number of nitrogens with one attached hydrogen (secondary N) is 1. The maximum atomic E-state index is 12.1. The van der Waals surface area contributed by atoms with Crippen LogP contribution in [0.2, 0.25) is 0 Å². The molecule has 2 aromatic rings. The first-order valence-electron chi connectivity index (χ1n) is 5.75. The molecule has 0 spiro atoms. The smallest absolute Gasteiger partial charge is 0.298 e. The second-order valence-corrected chi connectivity index (χ2v) is 4.94. The van der Waals surface area contributed by atoms with Gasteiger partial charge in [-0.15, -0.1) is 10.2 Å². The fraction of sp³-hybridized carbons (Fsp3) is 0.333. The van der Waals surface area contributed by atoms with Crippen LogP contribution in [0.25, 0.3) is 0 Å². The summed E-state index contributed by atoms with van der Waals surface area (Å²) < 4.78 is 1.84. The Balaban J connectivity index is 2.56. The van der Waals surface area contributed by atoms with Crippen LogP contribution >= 0.6 is 11.3 Å². The van der Waals surface area contributed by atoms with E-state index < -0.39 is 21.9 Å². The van der Waals surface area contributed by atoms with Gasteiger partial charge in [0.05, 0.1) is 17.7 Å². The van der Waals surface area contributed by atoms with Crippen LogP contribution in [0.3, 0.4) is 0 Å². The van der Waals surface area contributed by atoms with Crippen molar-refractivity contribution in [3.05, 3.63) is 42.2 Å². The van der Waals surface area contributed by atoms with Crippen LogP contribution in [0.5, 0.6) is 0 Å². The van der Waals surface area contributed by atoms with Gasteiger partial charge in [0.2, 0.25) is 5.13 Å². The van der Waals surface area contributed by atoms with Gasteiger partial charge in [-0.3, -0.25) is 24.9 Å². The zero-order valence-corrected chi connectivity index (χ0v) is 11.7. The summed E-state index contributed by atoms with van der Waals surface area (Å²) in [5, 5.41) is 18.9. The molecule has 0 amide bonds. The lowest BCUT2D eigenvalue weighted by molar-refractivity contribution is -0.387. The Morgan fingerprint density at radius 2 is 2.19 bits per heavy atom. The summed E-state index contributed by atoms with van der Waals surface area (Å²) in [6.45, 7) is 1.63. The van der Waals surface area contributed by atoms with Gasteiger partial charge in [0.25, 0.3) is 0 Å². The number of hydrazine groups is 1. The minimum absolute atomic E-state index is 0.200. The lowest BCUT2D eigenvalue weighted by Gasteiger charge is -2.06. The van der Waals surface area contributed by atoms with Gasteiger partial charge in [-0.2, -0.15) is 0 Å². The number of aryl methyl sites for hydroxylation is 1. The summed E-state index contributed by atoms with van der Waals surface area (Å²) in [5.74, 6) is 5.16. The van der Waals surface area contributed by atoms with Crippen LogP contribution in [0.15, 0.2) is 15.8 Å². The van der Waals surface area contributed by atoms with E-state index in [0.29, 0.717) is 10.1 Å². The maximum absolute atomic E-state index is 12.1. The van der Waals surface area contributed by atoms with Gasteiger partial charge in [0, 0.05) is 6.54 Å². The highest BCUT2D eigenvalue weighted by atomic mass is 32.1. The van der Waals surface area contributed by atoms with Crippen LogP contribution in [-0.4, -0.2) is 24.3 Å². The van der Waals surface area contributed by atoms with Crippen LogP contribution in [-0.2, 0) is 13.1 Å². The molecular formula is C9H11N7O4S. The van der Waals surface area contributed by atoms with Crippen molar-refractivity contribution in [2.75, 3.05) is 5.43 Å². The third-order valence-corrected chi connectivity index (χ3v) is 3.48. The molecule has 2 aromatic heterocycles. The van der Waals surface area contributed by atoms with E-state index in [9.17, 15) is 19.7 Å². The minimum atomic E-state index is -0.979. The number of hydrogen-bond acceptors (Lipinski definition) is 9. The largest absolute Gasteiger partial charge is 0.350 e. The third-order valence-electron chi connectivity index (χ3n) is 2.64. The number of nitrogens with two attached hydrogens (primary N) is 1. The lowest BCUT2D eigenvalue weighted by Crippen LogP contribution is -2.40. The molecule has 0 unspecified atom stereocenters. The zero-order valence-electron chi connectivity index (χ0n) is 10.8. The molecule has 0 aliphatic rings. The van der Waals surface area contributed by atoms with E-state index in [4.69, 9.17) is 5.84 Å². The number of rotatable bonds is 5. The van der Waals surface area contributed by atoms with Crippen molar-refractivity contribution < 1.29 is 4.92 Å². The Bertz CT molecular complexity index is 792. The number of aromatic nitrogens is 4. The van der Waals surface area contributed by atoms with E-state index in [-0.39, 0.29) is 13.1 Å². The maximum Gasteiger partial charge on any atom is 0.350 e. The molecule has 0 fully saturated rings. The van der Waals surface area contributed by atoms with Crippen molar-refractivity contribution in [3.8, 4) is 0 Å². The van der Waals surface area contributed by atoms with Gasteiger partial charge in [0.15, 0.2) is 0 Å². The van der Waals surface area contributed by atoms with Gasteiger partial charge in [-0.1, -0.05) is 11.3 Å². The summed E-state index contributed by atoms with van der Waals surface area (Å²) in [6, 6.07) is 0. The summed E-state index contributed by atoms with van der Waals surface area (Å²) in [7, 11) is 0. The zero-order chi connectivity index (χ0) is 15.6. The fourth-order valence-electron chi connectivity index (χ4n) is 1.64. The fourth-order valence-corrected chi connectivity index (χ4v) is 2.28. The summed E-state index contributed by atoms with van der Waals surface area (Å²) >= 11 is 1.04. The second-order valence-electron chi connectivity index (χ2n) is 3.88. The van der Waals surface area contributed by atoms with Gasteiger partial charge < -0.3 is 0 Å². The highest BCUT2D eigenvalue weighted by molar-refractivity contribution is 7.15. The van der Waals surface area contributed by atoms with Gasteiger partial charge in [-0.05, 0) is 6.92 Å². The van der Waals surface area contributed by atoms with Crippen molar-refractivity contribution in [1.82, 2.24) is 19.3 Å². The topological polar surface area (TPSA) is 151 Å². The van der Waals surface area contributed by atoms with Crippen molar-refractivity contribution in [3.63, 3.8) is 0 Å². The lowest BCUT2D eigenvalue weighted by atomic mass is 10.5. The molecule has 0 aliphatic carbocycles. The Kier molecular flexibility index (Phi) is 4.09. The van der Waals surface area contributed by atoms with Gasteiger partial charge in [-0.25, -0.2) is 15.2 Å². The van der Waals surface area contributed by atoms with Crippen LogP contribution < -0.4 is 22.5 Å². The minimum Gasteiger partial charge on any atom is -0.298 e. The molecule has 12 heteroatoms. The molecule has 2 rings (SSSR count). The Morgan fingerprint density at radius 3 is 2.71 bits per heavy atom. The van der Waals surface area contributed by atoms with Crippen molar-refractivity contribution in [2.24, 2.45) is 5.84 Å². The van der Waals surface area contributed by atoms with Crippen molar-refractivity contribution in [1.29, 1.82) is 0 Å². The molecule has 3 N–H and O–H groups in total. The van der Waals surface area contributed by atoms with E-state index in [1.54, 1.807) is 6.92 Å². The number of nitrogen functional groups attached to an aromatic ring is 1. The van der Waals surface area contributed by atoms with E-state index in [1.807, 2.05) is 0 Å². The summed E-state index contributed by atoms with van der Waals surface area (Å²) in [5.41, 5.74) is -0.0150. The van der Waals surface area contributed by atoms with Crippen molar-refractivity contribution >= 4 is 22.2 Å². The molecule has 11 nitrogen and oxygen atoms in total. The highest BCUT2D eigenvalue weighted by Crippen LogP contribution is 2.14. The predicted octanol–water partition coefficient (Wildman–Crippen LogP) is -0.877. The molecule has 0 aliphatic heterocycles. The monoisotopic (exact) mass is 313 g/mol. The number of nitrogens with zero attached hydrogens (tertiary/aromatic N) is 5. The quantitative estimate of drug-likeness (QED) is 0.410. The molecule has 0 atom stereocenters. The first-order chi connectivity index (χ1) is 9.97. The molecule has 0 bridgehead atoms. The summed E-state index contributed by atoms with van der Waals surface area (Å²) in [6.07, 6.45) is 0.939. The Morgan fingerprint density at radius 1 is 1.48 bits per heavy atom. The molecule has 0 saturated heterocycles. The van der Waals surface area contributed by atoms with Gasteiger partial charge >= 0.3 is 16.9 Å². The second kappa shape index (κ2) is 5.80. The average molecular weight is 313 g/mol. The number of anilines is 1. The van der Waals surface area contributed by atoms with E-state index >= 15 is 0 Å². The average Bonchev–Trinajstić information content (AvgIpc) is 2.91. The Hall–Kier alpha value is -2.60. The molecule has 112 valence electrons. The SMILES string of the molecule is CCn1cc([N+](=O)[O-])c(=O)n(Cc2nnc(NN)s2)c1=O. The Labute approximate surface area is 120 Å². The number of nitro groups is 1. The van der Waals surface area contributed by atoms with Crippen LogP contribution in [0.4, 0.5) is 10.8 Å². The van der Waals surface area contributed by atoms with E-state index in [1.165, 1.54) is 0 Å². The third kappa shape index (κ3) is 2.80. The first-order valence-corrected chi connectivity index (χ1v) is 6.57. The number of hydrogen-bond donors (Lipinski definition) is 2. The predicted molar refractivity (Wildman–Crippen MR) is 74.1 cm³/mol. The van der Waals surface area contributed by atoms with Gasteiger partial charge in [0.1, 0.15) is 5.01 Å². The van der Waals surface area contributed by atoms with Crippen LogP contribution in [0, 0.1) is 10.1 Å². The normalized spacial score (nSPS) is 10.6. The molecule has 21 heavy (non-hydrogen) atoms. The van der Waals surface area contributed by atoms with Crippen LogP contribution in [0.1, 0.15) is 11.9 Å².